The quantitative estimate of drug-likeness (QED) is 0.135. The molecule has 4 aliphatic carbocycles. The maximum atomic E-state index is 2.39. The van der Waals surface area contributed by atoms with Gasteiger partial charge in [-0.05, 0) is 277 Å². The zero-order valence-electron chi connectivity index (χ0n) is 67.1. The Hall–Kier alpha value is -9.64. The standard InChI is InChI=1S/4C25H28N/c1-15(2)23-14-26(6)24(12-18(23)5)25-17(4)8-10-21-20-9-7-16(3)11-19(20)13-22(21)25;1-15(2)23-14-26(6)24(12-18(23)5)25-17(4)8-10-20-21-11-16(3)7-9-19(21)13-22(20)25;1-15(2)22-14-26(6)23(12-18(22)5)25-17(4)10-11-20-21(25)13-19-9-7-8-16(3)24(19)20;1-15(2)22-14-26(6)23(12-16(22)3)25-18(5)11-17(4)24-20-10-8-7-9-19(20)13-21(24)25/h4*7-12,14-15H,13H2,1-6H3/q4*+1. The Labute approximate surface area is 623 Å². The van der Waals surface area contributed by atoms with Crippen LogP contribution in [0.4, 0.5) is 0 Å². The molecule has 4 heterocycles. The number of fused-ring (bicyclic) bond motifs is 12. The van der Waals surface area contributed by atoms with Gasteiger partial charge in [0.1, 0.15) is 28.2 Å². The minimum Gasteiger partial charge on any atom is -0.201 e. The number of nitrogens with zero attached hydrogens (tertiary/aromatic N) is 4. The van der Waals surface area contributed by atoms with Gasteiger partial charge in [-0.15, -0.1) is 0 Å². The molecule has 4 nitrogen and oxygen atoms in total. The van der Waals surface area contributed by atoms with Crippen LogP contribution in [0.25, 0.3) is 89.5 Å². The summed E-state index contributed by atoms with van der Waals surface area (Å²) in [6, 6.07) is 55.0. The largest absolute Gasteiger partial charge is 0.213 e. The molecule has 104 heavy (non-hydrogen) atoms. The smallest absolute Gasteiger partial charge is 0.201 e. The Kier molecular flexibility index (Phi) is 20.1. The Morgan fingerprint density at radius 3 is 1.06 bits per heavy atom. The van der Waals surface area contributed by atoms with E-state index >= 15 is 0 Å². The number of benzene rings is 8. The van der Waals surface area contributed by atoms with E-state index in [2.05, 4.69) is 355 Å². The first kappa shape index (κ1) is 72.7. The molecular formula is C100H112N4+4. The molecule has 8 aromatic carbocycles. The Morgan fingerprint density at radius 1 is 0.231 bits per heavy atom. The first-order chi connectivity index (χ1) is 49.5. The molecule has 528 valence electrons. The first-order valence-electron chi connectivity index (χ1n) is 38.4. The van der Waals surface area contributed by atoms with E-state index in [0.29, 0.717) is 23.7 Å². The third-order valence-corrected chi connectivity index (χ3v) is 23.5. The summed E-state index contributed by atoms with van der Waals surface area (Å²) in [5, 5.41) is 0. The summed E-state index contributed by atoms with van der Waals surface area (Å²) in [4.78, 5) is 0. The predicted molar refractivity (Wildman–Crippen MR) is 438 cm³/mol. The molecule has 12 aromatic rings. The molecule has 0 fully saturated rings. The van der Waals surface area contributed by atoms with Crippen LogP contribution in [-0.2, 0) is 53.9 Å². The molecule has 4 aliphatic rings. The number of pyridine rings is 4. The van der Waals surface area contributed by atoms with E-state index in [1.165, 1.54) is 223 Å². The molecule has 0 saturated heterocycles. The van der Waals surface area contributed by atoms with Gasteiger partial charge in [0, 0.05) is 46.5 Å². The highest BCUT2D eigenvalue weighted by atomic mass is 14.9. The normalized spacial score (nSPS) is 12.4. The Balaban J connectivity index is 0.000000123. The molecule has 4 heteroatoms. The zero-order chi connectivity index (χ0) is 74.3. The summed E-state index contributed by atoms with van der Waals surface area (Å²) in [5.41, 5.74) is 56.3. The van der Waals surface area contributed by atoms with Crippen LogP contribution in [0.1, 0.15) is 213 Å². The molecule has 4 aromatic heterocycles. The number of aromatic nitrogens is 4. The molecule has 0 spiro atoms. The lowest BCUT2D eigenvalue weighted by Gasteiger charge is -2.16. The van der Waals surface area contributed by atoms with Crippen LogP contribution in [0.5, 0.6) is 0 Å². The number of hydrogen-bond acceptors (Lipinski definition) is 0. The second-order valence-corrected chi connectivity index (χ2v) is 32.6. The summed E-state index contributed by atoms with van der Waals surface area (Å²) >= 11 is 0. The number of hydrogen-bond donors (Lipinski definition) is 0. The summed E-state index contributed by atoms with van der Waals surface area (Å²) in [5.74, 6) is 2.18. The zero-order valence-corrected chi connectivity index (χ0v) is 67.1. The highest BCUT2D eigenvalue weighted by Crippen LogP contribution is 2.49. The van der Waals surface area contributed by atoms with E-state index in [9.17, 15) is 0 Å². The lowest BCUT2D eigenvalue weighted by Crippen LogP contribution is -2.32. The van der Waals surface area contributed by atoms with Crippen LogP contribution in [0.3, 0.4) is 0 Å². The molecule has 0 bridgehead atoms. The van der Waals surface area contributed by atoms with Crippen LogP contribution < -0.4 is 18.3 Å². The van der Waals surface area contributed by atoms with Gasteiger partial charge in [0.25, 0.3) is 0 Å². The average Bonchev–Trinajstić information content (AvgIpc) is 1.63. The second-order valence-electron chi connectivity index (χ2n) is 32.6. The maximum Gasteiger partial charge on any atom is 0.213 e. The van der Waals surface area contributed by atoms with Gasteiger partial charge in [-0.3, -0.25) is 0 Å². The second kappa shape index (κ2) is 28.8. The van der Waals surface area contributed by atoms with Crippen molar-refractivity contribution >= 4 is 0 Å². The minimum atomic E-state index is 0.546. The Morgan fingerprint density at radius 2 is 0.577 bits per heavy atom. The fourth-order valence-corrected chi connectivity index (χ4v) is 18.3. The summed E-state index contributed by atoms with van der Waals surface area (Å²) in [6.07, 6.45) is 13.4. The fourth-order valence-electron chi connectivity index (χ4n) is 18.3. The van der Waals surface area contributed by atoms with E-state index in [1.54, 1.807) is 0 Å². The molecule has 0 saturated carbocycles. The van der Waals surface area contributed by atoms with Crippen molar-refractivity contribution in [2.75, 3.05) is 0 Å². The van der Waals surface area contributed by atoms with Crippen molar-refractivity contribution in [3.8, 4) is 89.5 Å². The van der Waals surface area contributed by atoms with Gasteiger partial charge in [-0.2, -0.15) is 0 Å². The SMILES string of the molecule is Cc1cc(-c2c(C)cc(C)c3c2Cc2ccccc2-3)[n+](C)cc1C(C)C.Cc1cc(-c2c(C)ccc3c2Cc2cccc(C)c2-3)[n+](C)cc1C(C)C.Cc1ccc2c(c1)-c1ccc(C)c(-c3cc(C)c(C(C)C)c[n+]3C)c1C2.Cc1ccc2c(c1)Cc1c-2ccc(C)c1-c1cc(C)c(C(C)C)c[n+]1C. The molecule has 16 rings (SSSR count). The van der Waals surface area contributed by atoms with Gasteiger partial charge in [-0.1, -0.05) is 188 Å². The van der Waals surface area contributed by atoms with Crippen molar-refractivity contribution in [2.24, 2.45) is 28.2 Å². The summed E-state index contributed by atoms with van der Waals surface area (Å²) in [6.45, 7) is 45.0. The molecular weight excluding hydrogens is 1260 g/mol. The number of rotatable bonds is 8. The van der Waals surface area contributed by atoms with E-state index in [1.807, 2.05) is 0 Å². The molecule has 0 amide bonds. The molecule has 0 atom stereocenters. The van der Waals surface area contributed by atoms with Gasteiger partial charge in [0.15, 0.2) is 24.8 Å². The average molecular weight is 1370 g/mol. The Bertz CT molecular complexity index is 5450. The van der Waals surface area contributed by atoms with E-state index < -0.39 is 0 Å². The van der Waals surface area contributed by atoms with Crippen LogP contribution in [0, 0.1) is 83.1 Å². The lowest BCUT2D eigenvalue weighted by atomic mass is 9.89. The maximum absolute atomic E-state index is 2.39. The predicted octanol–water partition coefficient (Wildman–Crippen LogP) is 23.2. The van der Waals surface area contributed by atoms with Crippen molar-refractivity contribution in [1.29, 1.82) is 0 Å². The lowest BCUT2D eigenvalue weighted by molar-refractivity contribution is -0.661. The fraction of sp³-hybridized carbons (Fsp3) is 0.320. The third-order valence-electron chi connectivity index (χ3n) is 23.5. The van der Waals surface area contributed by atoms with E-state index in [4.69, 9.17) is 0 Å². The van der Waals surface area contributed by atoms with E-state index in [-0.39, 0.29) is 0 Å². The van der Waals surface area contributed by atoms with Crippen molar-refractivity contribution in [1.82, 2.24) is 0 Å². The van der Waals surface area contributed by atoms with Gasteiger partial charge < -0.3 is 0 Å². The van der Waals surface area contributed by atoms with Crippen molar-refractivity contribution < 1.29 is 18.3 Å². The van der Waals surface area contributed by atoms with Gasteiger partial charge in [0.05, 0.1) is 22.3 Å². The van der Waals surface area contributed by atoms with Crippen LogP contribution in [-0.4, -0.2) is 0 Å². The summed E-state index contributed by atoms with van der Waals surface area (Å²) < 4.78 is 9.28. The van der Waals surface area contributed by atoms with Crippen LogP contribution >= 0.6 is 0 Å². The third kappa shape index (κ3) is 13.3. The minimum absolute atomic E-state index is 0.546. The molecule has 0 radical (unpaired) electrons. The van der Waals surface area contributed by atoms with Gasteiger partial charge in [-0.25, -0.2) is 18.3 Å². The van der Waals surface area contributed by atoms with Gasteiger partial charge in [0.2, 0.25) is 22.8 Å². The van der Waals surface area contributed by atoms with Crippen LogP contribution in [0.2, 0.25) is 0 Å². The van der Waals surface area contributed by atoms with Crippen molar-refractivity contribution in [3.05, 3.63) is 304 Å². The van der Waals surface area contributed by atoms with Gasteiger partial charge >= 0.3 is 0 Å². The first-order valence-corrected chi connectivity index (χ1v) is 38.4. The molecule has 0 unspecified atom stereocenters. The van der Waals surface area contributed by atoms with E-state index in [0.717, 1.165) is 25.7 Å². The van der Waals surface area contributed by atoms with Crippen molar-refractivity contribution in [3.63, 3.8) is 0 Å². The van der Waals surface area contributed by atoms with Crippen LogP contribution in [0.15, 0.2) is 170 Å². The topological polar surface area (TPSA) is 15.5 Å². The highest BCUT2D eigenvalue weighted by molar-refractivity contribution is 5.90. The number of aryl methyl sites for hydroxylation is 16. The monoisotopic (exact) mass is 1370 g/mol. The molecule has 0 N–H and O–H groups in total. The molecule has 0 aliphatic heterocycles. The summed E-state index contributed by atoms with van der Waals surface area (Å²) in [7, 11) is 8.75. The highest BCUT2D eigenvalue weighted by Gasteiger charge is 2.33. The van der Waals surface area contributed by atoms with Crippen molar-refractivity contribution in [2.45, 2.75) is 188 Å².